The number of carbonyl (C=O) groups is 1. The number of nitrogens with zero attached hydrogens (tertiary/aromatic N) is 5. The second kappa shape index (κ2) is 15.4. The van der Waals surface area contributed by atoms with Crippen LogP contribution >= 0.6 is 0 Å². The summed E-state index contributed by atoms with van der Waals surface area (Å²) in [6.45, 7) is 1.85. The maximum Gasteiger partial charge on any atom is 0.337 e. The predicted molar refractivity (Wildman–Crippen MR) is 194 cm³/mol. The molecule has 1 aliphatic rings. The van der Waals surface area contributed by atoms with Crippen LogP contribution in [-0.2, 0) is 6.42 Å². The summed E-state index contributed by atoms with van der Waals surface area (Å²) in [5.41, 5.74) is 3.01. The number of aryl methyl sites for hydroxylation is 1. The molecule has 0 aliphatic heterocycles. The number of benzene rings is 2. The first-order valence-corrected chi connectivity index (χ1v) is 17.6. The minimum absolute atomic E-state index is 0.00100. The molecule has 0 radical (unpaired) electrons. The zero-order valence-electron chi connectivity index (χ0n) is 28.5. The summed E-state index contributed by atoms with van der Waals surface area (Å²) in [7, 11) is 0. The average molecular weight is 708 g/mol. The number of nitrogens with one attached hydrogen (secondary N) is 2. The number of aliphatic hydroxyl groups is 1. The molecule has 0 atom stereocenters. The standard InChI is InChI=1S/C39H39F2N7O4/c40-28-11-16-35-45-34(24-46(35)23-28)37(50)44-30-12-14-31(15-13-30)48-38(51)33-21-29(41)22-43-36(33)47(39(48)52)32-6-1-5-27(20-32)26-9-7-25(8-10-26)4-2-17-42-18-3-19-49/h1,5-11,16,20-24,30-31,42,49H,2-4,12-15,17-19H2,(H,44,50)/t30-,31+. The number of halogens is 2. The van der Waals surface area contributed by atoms with Gasteiger partial charge in [0.25, 0.3) is 11.5 Å². The number of aromatic nitrogens is 5. The van der Waals surface area contributed by atoms with Gasteiger partial charge in [0.15, 0.2) is 5.65 Å². The smallest absolute Gasteiger partial charge is 0.337 e. The monoisotopic (exact) mass is 707 g/mol. The van der Waals surface area contributed by atoms with Crippen LogP contribution in [0.5, 0.6) is 0 Å². The Balaban J connectivity index is 1.11. The van der Waals surface area contributed by atoms with Gasteiger partial charge in [-0.1, -0.05) is 36.4 Å². The van der Waals surface area contributed by atoms with Crippen LogP contribution in [0.4, 0.5) is 8.78 Å². The summed E-state index contributed by atoms with van der Waals surface area (Å²) in [6, 6.07) is 18.8. The highest BCUT2D eigenvalue weighted by Gasteiger charge is 2.28. The topological polar surface area (TPSA) is 136 Å². The van der Waals surface area contributed by atoms with E-state index < -0.39 is 34.8 Å². The molecule has 0 spiro atoms. The Labute approximate surface area is 297 Å². The Bertz CT molecular complexity index is 2340. The van der Waals surface area contributed by atoms with E-state index in [1.165, 1.54) is 43.6 Å². The molecule has 0 unspecified atom stereocenters. The van der Waals surface area contributed by atoms with Crippen LogP contribution < -0.4 is 21.9 Å². The first-order valence-electron chi connectivity index (χ1n) is 17.6. The Morgan fingerprint density at radius 3 is 2.46 bits per heavy atom. The van der Waals surface area contributed by atoms with E-state index in [0.717, 1.165) is 55.7 Å². The Hall–Kier alpha value is -5.53. The van der Waals surface area contributed by atoms with Gasteiger partial charge in [-0.05, 0) is 105 Å². The lowest BCUT2D eigenvalue weighted by atomic mass is 9.90. The van der Waals surface area contributed by atoms with E-state index >= 15 is 0 Å². The van der Waals surface area contributed by atoms with Crippen LogP contribution in [0, 0.1) is 11.6 Å². The van der Waals surface area contributed by atoms with Crippen molar-refractivity contribution in [3.05, 3.63) is 129 Å². The van der Waals surface area contributed by atoms with Gasteiger partial charge in [0, 0.05) is 31.1 Å². The molecule has 1 saturated carbocycles. The highest BCUT2D eigenvalue weighted by molar-refractivity contribution is 5.93. The lowest BCUT2D eigenvalue weighted by Gasteiger charge is -2.30. The highest BCUT2D eigenvalue weighted by Crippen LogP contribution is 2.29. The summed E-state index contributed by atoms with van der Waals surface area (Å²) in [6.07, 6.45) is 8.19. The first kappa shape index (κ1) is 34.9. The summed E-state index contributed by atoms with van der Waals surface area (Å²) < 4.78 is 32.2. The van der Waals surface area contributed by atoms with Crippen LogP contribution in [0.2, 0.25) is 0 Å². The quantitative estimate of drug-likeness (QED) is 0.153. The summed E-state index contributed by atoms with van der Waals surface area (Å²) in [5.74, 6) is -1.52. The molecule has 3 N–H and O–H groups in total. The normalized spacial score (nSPS) is 16.1. The van der Waals surface area contributed by atoms with E-state index in [4.69, 9.17) is 5.11 Å². The molecule has 11 nitrogen and oxygen atoms in total. The Morgan fingerprint density at radius 1 is 0.885 bits per heavy atom. The van der Waals surface area contributed by atoms with E-state index in [2.05, 4.69) is 32.7 Å². The Morgan fingerprint density at radius 2 is 1.67 bits per heavy atom. The van der Waals surface area contributed by atoms with Crippen molar-refractivity contribution < 1.29 is 18.7 Å². The minimum atomic E-state index is -0.683. The van der Waals surface area contributed by atoms with Crippen molar-refractivity contribution in [2.75, 3.05) is 19.7 Å². The van der Waals surface area contributed by atoms with Gasteiger partial charge in [-0.3, -0.25) is 14.2 Å². The van der Waals surface area contributed by atoms with Gasteiger partial charge in [0.1, 0.15) is 23.0 Å². The number of rotatable bonds is 12. The van der Waals surface area contributed by atoms with E-state index in [0.29, 0.717) is 37.0 Å². The van der Waals surface area contributed by atoms with Gasteiger partial charge in [0.05, 0.1) is 17.3 Å². The number of hydrogen-bond acceptors (Lipinski definition) is 7. The lowest BCUT2D eigenvalue weighted by Crippen LogP contribution is -2.45. The fourth-order valence-corrected chi connectivity index (χ4v) is 6.98. The van der Waals surface area contributed by atoms with Crippen LogP contribution in [0.15, 0.2) is 94.9 Å². The number of carbonyl (C=O) groups excluding carboxylic acids is 1. The third-order valence-electron chi connectivity index (χ3n) is 9.66. The van der Waals surface area contributed by atoms with Crippen molar-refractivity contribution in [2.24, 2.45) is 0 Å². The number of imidazole rings is 1. The number of pyridine rings is 2. The maximum absolute atomic E-state index is 14.5. The zero-order chi connectivity index (χ0) is 36.2. The second-order valence-electron chi connectivity index (χ2n) is 13.2. The van der Waals surface area contributed by atoms with E-state index in [-0.39, 0.29) is 29.4 Å². The molecule has 52 heavy (non-hydrogen) atoms. The highest BCUT2D eigenvalue weighted by atomic mass is 19.1. The molecule has 13 heteroatoms. The van der Waals surface area contributed by atoms with Gasteiger partial charge in [-0.25, -0.2) is 28.1 Å². The van der Waals surface area contributed by atoms with Crippen molar-refractivity contribution >= 4 is 22.6 Å². The molecule has 1 aliphatic carbocycles. The second-order valence-corrected chi connectivity index (χ2v) is 13.2. The molecular formula is C39H39F2N7O4. The van der Waals surface area contributed by atoms with Crippen molar-refractivity contribution in [3.8, 4) is 16.8 Å². The summed E-state index contributed by atoms with van der Waals surface area (Å²) >= 11 is 0. The van der Waals surface area contributed by atoms with Crippen molar-refractivity contribution in [1.29, 1.82) is 0 Å². The third kappa shape index (κ3) is 7.41. The van der Waals surface area contributed by atoms with Gasteiger partial charge < -0.3 is 20.1 Å². The van der Waals surface area contributed by atoms with Crippen LogP contribution in [0.25, 0.3) is 33.5 Å². The molecule has 6 aromatic rings. The fraction of sp³-hybridized carbons (Fsp3) is 0.308. The molecule has 1 fully saturated rings. The SMILES string of the molecule is O=C(N[C@H]1CC[C@@H](n2c(=O)c3cc(F)cnc3n(-c3cccc(-c4ccc(CCCNCCCO)cc4)c3)c2=O)CC1)c1cn2cc(F)ccc2n1. The van der Waals surface area contributed by atoms with E-state index in [1.54, 1.807) is 6.07 Å². The number of fused-ring (bicyclic) bond motifs is 2. The largest absolute Gasteiger partial charge is 0.396 e. The molecule has 268 valence electrons. The Kier molecular flexibility index (Phi) is 10.3. The van der Waals surface area contributed by atoms with Crippen LogP contribution in [0.1, 0.15) is 60.6 Å². The maximum atomic E-state index is 14.5. The lowest BCUT2D eigenvalue weighted by molar-refractivity contribution is 0.0917. The summed E-state index contributed by atoms with van der Waals surface area (Å²) in [4.78, 5) is 49.6. The van der Waals surface area contributed by atoms with Gasteiger partial charge in [-0.2, -0.15) is 0 Å². The average Bonchev–Trinajstić information content (AvgIpc) is 3.58. The van der Waals surface area contributed by atoms with Gasteiger partial charge in [0.2, 0.25) is 0 Å². The molecule has 1 amide bonds. The van der Waals surface area contributed by atoms with E-state index in [1.807, 2.05) is 30.3 Å². The number of hydrogen-bond donors (Lipinski definition) is 3. The molecule has 2 aromatic carbocycles. The summed E-state index contributed by atoms with van der Waals surface area (Å²) in [5, 5.41) is 15.2. The molecule has 0 saturated heterocycles. The van der Waals surface area contributed by atoms with Crippen molar-refractivity contribution in [1.82, 2.24) is 34.1 Å². The molecule has 4 aromatic heterocycles. The molecule has 7 rings (SSSR count). The van der Waals surface area contributed by atoms with E-state index in [9.17, 15) is 23.2 Å². The minimum Gasteiger partial charge on any atom is -0.396 e. The number of amides is 1. The van der Waals surface area contributed by atoms with Gasteiger partial charge in [-0.15, -0.1) is 0 Å². The number of aliphatic hydroxyl groups excluding tert-OH is 1. The first-order chi connectivity index (χ1) is 25.3. The van der Waals surface area contributed by atoms with Crippen LogP contribution in [0.3, 0.4) is 0 Å². The molecule has 0 bridgehead atoms. The van der Waals surface area contributed by atoms with Crippen molar-refractivity contribution in [2.45, 2.75) is 57.0 Å². The zero-order valence-corrected chi connectivity index (χ0v) is 28.5. The molecule has 4 heterocycles. The van der Waals surface area contributed by atoms with Crippen LogP contribution in [-0.4, -0.2) is 60.3 Å². The van der Waals surface area contributed by atoms with Crippen molar-refractivity contribution in [3.63, 3.8) is 0 Å². The molecular weight excluding hydrogens is 668 g/mol. The predicted octanol–water partition coefficient (Wildman–Crippen LogP) is 4.96. The third-order valence-corrected chi connectivity index (χ3v) is 9.66. The fourth-order valence-electron chi connectivity index (χ4n) is 6.98. The van der Waals surface area contributed by atoms with Gasteiger partial charge >= 0.3 is 5.69 Å².